The fraction of sp³-hybridized carbons (Fsp3) is 0.917. The summed E-state index contributed by atoms with van der Waals surface area (Å²) in [6.45, 7) is 5.21. The fourth-order valence-electron chi connectivity index (χ4n) is 2.37. The van der Waals surface area contributed by atoms with Gasteiger partial charge in [0.25, 0.3) is 0 Å². The van der Waals surface area contributed by atoms with Gasteiger partial charge in [0.1, 0.15) is 0 Å². The van der Waals surface area contributed by atoms with Crippen LogP contribution in [-0.4, -0.2) is 36.5 Å². The summed E-state index contributed by atoms with van der Waals surface area (Å²) >= 11 is 0. The summed E-state index contributed by atoms with van der Waals surface area (Å²) in [6, 6.07) is 0.0124. The first kappa shape index (κ1) is 13.5. The van der Waals surface area contributed by atoms with Crippen molar-refractivity contribution in [1.82, 2.24) is 4.90 Å². The van der Waals surface area contributed by atoms with E-state index in [-0.39, 0.29) is 0 Å². The Labute approximate surface area is 98.3 Å². The van der Waals surface area contributed by atoms with E-state index in [2.05, 4.69) is 18.7 Å². The second-order valence-electron chi connectivity index (χ2n) is 5.84. The van der Waals surface area contributed by atoms with Crippen LogP contribution in [0.15, 0.2) is 0 Å². The van der Waals surface area contributed by atoms with Gasteiger partial charge in [-0.05, 0) is 38.1 Å². The van der Waals surface area contributed by atoms with Crippen molar-refractivity contribution in [3.05, 3.63) is 0 Å². The predicted octanol–water partition coefficient (Wildman–Crippen LogP) is 0.700. The molecule has 0 bridgehead atoms. The molecular formula is C12H25N3O. The first-order valence-electron chi connectivity index (χ1n) is 6.07. The highest BCUT2D eigenvalue weighted by Crippen LogP contribution is 2.36. The molecule has 0 heterocycles. The third kappa shape index (κ3) is 3.76. The van der Waals surface area contributed by atoms with E-state index >= 15 is 0 Å². The molecule has 0 spiro atoms. The number of primary amides is 1. The fourth-order valence-corrected chi connectivity index (χ4v) is 2.37. The van der Waals surface area contributed by atoms with Crippen LogP contribution in [0.5, 0.6) is 0 Å². The largest absolute Gasteiger partial charge is 0.368 e. The highest BCUT2D eigenvalue weighted by Gasteiger charge is 2.29. The summed E-state index contributed by atoms with van der Waals surface area (Å²) in [6.07, 6.45) is 4.87. The average molecular weight is 227 g/mol. The Hall–Kier alpha value is -0.610. The lowest BCUT2D eigenvalue weighted by atomic mass is 9.75. The van der Waals surface area contributed by atoms with Gasteiger partial charge in [0.2, 0.25) is 5.91 Å². The molecule has 0 aromatic carbocycles. The van der Waals surface area contributed by atoms with Crippen molar-refractivity contribution in [2.24, 2.45) is 16.9 Å². The van der Waals surface area contributed by atoms with E-state index in [9.17, 15) is 4.79 Å². The standard InChI is InChI=1S/C12H25N3O/c1-12(2)6-4-9(5-7-12)15(3)8-10(13)11(14)16/h9-10H,4-8,13H2,1-3H3,(H2,14,16). The lowest BCUT2D eigenvalue weighted by Crippen LogP contribution is -2.48. The van der Waals surface area contributed by atoms with Gasteiger partial charge >= 0.3 is 0 Å². The topological polar surface area (TPSA) is 72.3 Å². The van der Waals surface area contributed by atoms with Crippen LogP contribution in [0.2, 0.25) is 0 Å². The number of hydrogen-bond donors (Lipinski definition) is 2. The zero-order valence-corrected chi connectivity index (χ0v) is 10.7. The highest BCUT2D eigenvalue weighted by molar-refractivity contribution is 5.79. The average Bonchev–Trinajstić information content (AvgIpc) is 2.17. The minimum Gasteiger partial charge on any atom is -0.368 e. The van der Waals surface area contributed by atoms with E-state index in [1.807, 2.05) is 7.05 Å². The second-order valence-corrected chi connectivity index (χ2v) is 5.84. The van der Waals surface area contributed by atoms with Gasteiger partial charge in [0, 0.05) is 12.6 Å². The molecule has 1 amide bonds. The Kier molecular flexibility index (Phi) is 4.33. The van der Waals surface area contributed by atoms with E-state index in [1.54, 1.807) is 0 Å². The summed E-state index contributed by atoms with van der Waals surface area (Å²) in [5.74, 6) is -0.414. The van der Waals surface area contributed by atoms with Crippen molar-refractivity contribution in [3.63, 3.8) is 0 Å². The molecule has 0 saturated heterocycles. The first-order chi connectivity index (χ1) is 7.32. The first-order valence-corrected chi connectivity index (χ1v) is 6.07. The summed E-state index contributed by atoms with van der Waals surface area (Å²) in [5, 5.41) is 0. The zero-order chi connectivity index (χ0) is 12.3. The van der Waals surface area contributed by atoms with Crippen LogP contribution in [0.25, 0.3) is 0 Å². The molecule has 1 fully saturated rings. The van der Waals surface area contributed by atoms with Gasteiger partial charge in [-0.1, -0.05) is 13.8 Å². The van der Waals surface area contributed by atoms with E-state index in [1.165, 1.54) is 25.7 Å². The molecule has 4 heteroatoms. The molecule has 16 heavy (non-hydrogen) atoms. The number of hydrogen-bond acceptors (Lipinski definition) is 3. The smallest absolute Gasteiger partial charge is 0.235 e. The number of amides is 1. The van der Waals surface area contributed by atoms with Crippen molar-refractivity contribution >= 4 is 5.91 Å². The maximum atomic E-state index is 10.9. The van der Waals surface area contributed by atoms with Crippen molar-refractivity contribution in [2.75, 3.05) is 13.6 Å². The molecule has 1 saturated carbocycles. The third-order valence-corrected chi connectivity index (χ3v) is 3.78. The van der Waals surface area contributed by atoms with Gasteiger partial charge < -0.3 is 16.4 Å². The van der Waals surface area contributed by atoms with Gasteiger partial charge in [-0.3, -0.25) is 4.79 Å². The van der Waals surface area contributed by atoms with Gasteiger partial charge in [0.15, 0.2) is 0 Å². The van der Waals surface area contributed by atoms with E-state index in [0.717, 1.165) is 0 Å². The van der Waals surface area contributed by atoms with Crippen molar-refractivity contribution in [3.8, 4) is 0 Å². The van der Waals surface area contributed by atoms with Gasteiger partial charge in [-0.15, -0.1) is 0 Å². The molecule has 94 valence electrons. The molecule has 1 aliphatic rings. The minimum absolute atomic E-state index is 0.414. The Morgan fingerprint density at radius 1 is 1.44 bits per heavy atom. The molecule has 4 nitrogen and oxygen atoms in total. The summed E-state index contributed by atoms with van der Waals surface area (Å²) in [7, 11) is 2.03. The van der Waals surface area contributed by atoms with E-state index < -0.39 is 11.9 Å². The lowest BCUT2D eigenvalue weighted by Gasteiger charge is -2.39. The monoisotopic (exact) mass is 227 g/mol. The maximum absolute atomic E-state index is 10.9. The summed E-state index contributed by atoms with van der Waals surface area (Å²) in [4.78, 5) is 13.1. The molecule has 1 atom stereocenters. The number of nitrogens with zero attached hydrogens (tertiary/aromatic N) is 1. The van der Waals surface area contributed by atoms with Gasteiger partial charge in [0.05, 0.1) is 6.04 Å². The molecule has 1 unspecified atom stereocenters. The number of carbonyl (C=O) groups is 1. The zero-order valence-electron chi connectivity index (χ0n) is 10.7. The second kappa shape index (κ2) is 5.15. The Morgan fingerprint density at radius 2 is 1.94 bits per heavy atom. The summed E-state index contributed by atoms with van der Waals surface area (Å²) < 4.78 is 0. The van der Waals surface area contributed by atoms with Crippen LogP contribution in [0.4, 0.5) is 0 Å². The number of carbonyl (C=O) groups excluding carboxylic acids is 1. The van der Waals surface area contributed by atoms with Gasteiger partial charge in [-0.25, -0.2) is 0 Å². The number of rotatable bonds is 4. The highest BCUT2D eigenvalue weighted by atomic mass is 16.1. The third-order valence-electron chi connectivity index (χ3n) is 3.78. The Balaban J connectivity index is 2.39. The summed E-state index contributed by atoms with van der Waals surface area (Å²) in [5.41, 5.74) is 11.3. The SMILES string of the molecule is CN(CC(N)C(N)=O)C1CCC(C)(C)CC1. The van der Waals surface area contributed by atoms with E-state index in [4.69, 9.17) is 11.5 Å². The molecule has 0 aromatic heterocycles. The minimum atomic E-state index is -0.542. The molecule has 0 aromatic rings. The van der Waals surface area contributed by atoms with Crippen LogP contribution in [0.1, 0.15) is 39.5 Å². The van der Waals surface area contributed by atoms with Crippen molar-refractivity contribution < 1.29 is 4.79 Å². The van der Waals surface area contributed by atoms with Crippen LogP contribution in [-0.2, 0) is 4.79 Å². The maximum Gasteiger partial charge on any atom is 0.235 e. The van der Waals surface area contributed by atoms with Crippen LogP contribution in [0, 0.1) is 5.41 Å². The predicted molar refractivity (Wildman–Crippen MR) is 65.8 cm³/mol. The van der Waals surface area contributed by atoms with Crippen LogP contribution < -0.4 is 11.5 Å². The van der Waals surface area contributed by atoms with Crippen LogP contribution >= 0.6 is 0 Å². The molecule has 1 aliphatic carbocycles. The Bertz CT molecular complexity index is 243. The molecular weight excluding hydrogens is 202 g/mol. The normalized spacial score (nSPS) is 23.3. The lowest BCUT2D eigenvalue weighted by molar-refractivity contribution is -0.119. The quantitative estimate of drug-likeness (QED) is 0.742. The van der Waals surface area contributed by atoms with Gasteiger partial charge in [-0.2, -0.15) is 0 Å². The van der Waals surface area contributed by atoms with Crippen molar-refractivity contribution in [1.29, 1.82) is 0 Å². The molecule has 1 rings (SSSR count). The molecule has 4 N–H and O–H groups in total. The molecule has 0 radical (unpaired) electrons. The van der Waals surface area contributed by atoms with E-state index in [0.29, 0.717) is 18.0 Å². The number of likely N-dealkylation sites (N-methyl/N-ethyl adjacent to an activating group) is 1. The number of nitrogens with two attached hydrogens (primary N) is 2. The Morgan fingerprint density at radius 3 is 2.38 bits per heavy atom. The van der Waals surface area contributed by atoms with Crippen molar-refractivity contribution in [2.45, 2.75) is 51.6 Å². The van der Waals surface area contributed by atoms with Crippen LogP contribution in [0.3, 0.4) is 0 Å². The molecule has 0 aliphatic heterocycles.